The summed E-state index contributed by atoms with van der Waals surface area (Å²) in [5.41, 5.74) is 0.977. The highest BCUT2D eigenvalue weighted by molar-refractivity contribution is 5.80. The minimum atomic E-state index is -0.173. The highest BCUT2D eigenvalue weighted by atomic mass is 16.5. The van der Waals surface area contributed by atoms with Crippen molar-refractivity contribution < 1.29 is 14.3 Å². The second kappa shape index (κ2) is 6.33. The maximum atomic E-state index is 12.4. The highest BCUT2D eigenvalue weighted by Crippen LogP contribution is 2.34. The molecule has 2 aliphatic heterocycles. The van der Waals surface area contributed by atoms with E-state index < -0.39 is 0 Å². The summed E-state index contributed by atoms with van der Waals surface area (Å²) in [5.74, 6) is -0.0482. The highest BCUT2D eigenvalue weighted by Gasteiger charge is 2.36. The van der Waals surface area contributed by atoms with Crippen LogP contribution in [0.4, 0.5) is 0 Å². The standard InChI is InChI=1S/C15H20N2O3/c18-15(17-12-4-2-7-19-10-12)13-5-8-20-14(13)11-3-1-6-16-9-11/h1,3,6,9,12-14H,2,4-5,7-8,10H2,(H,17,18)/t12-,13-,14+/m0/s1. The van der Waals surface area contributed by atoms with Gasteiger partial charge in [-0.25, -0.2) is 0 Å². The molecule has 1 aromatic heterocycles. The number of aromatic nitrogens is 1. The third kappa shape index (κ3) is 2.99. The molecule has 3 rings (SSSR count). The summed E-state index contributed by atoms with van der Waals surface area (Å²) < 4.78 is 11.1. The smallest absolute Gasteiger partial charge is 0.226 e. The lowest BCUT2D eigenvalue weighted by atomic mass is 9.95. The van der Waals surface area contributed by atoms with Gasteiger partial charge in [0, 0.05) is 25.6 Å². The average Bonchev–Trinajstić information content (AvgIpc) is 2.99. The normalized spacial score (nSPS) is 30.1. The summed E-state index contributed by atoms with van der Waals surface area (Å²) in [6, 6.07) is 3.99. The van der Waals surface area contributed by atoms with Crippen molar-refractivity contribution in [1.29, 1.82) is 0 Å². The number of hydrogen-bond acceptors (Lipinski definition) is 4. The van der Waals surface area contributed by atoms with Crippen LogP contribution in [-0.4, -0.2) is 36.8 Å². The average molecular weight is 276 g/mol. The van der Waals surface area contributed by atoms with E-state index in [1.807, 2.05) is 12.1 Å². The molecule has 1 amide bonds. The Morgan fingerprint density at radius 1 is 1.35 bits per heavy atom. The van der Waals surface area contributed by atoms with Crippen LogP contribution in [0.5, 0.6) is 0 Å². The zero-order valence-corrected chi connectivity index (χ0v) is 11.5. The van der Waals surface area contributed by atoms with Gasteiger partial charge in [-0.3, -0.25) is 9.78 Å². The van der Waals surface area contributed by atoms with E-state index in [4.69, 9.17) is 9.47 Å². The third-order valence-corrected chi connectivity index (χ3v) is 3.95. The number of hydrogen-bond donors (Lipinski definition) is 1. The van der Waals surface area contributed by atoms with E-state index in [-0.39, 0.29) is 24.0 Å². The van der Waals surface area contributed by atoms with E-state index in [1.165, 1.54) is 0 Å². The van der Waals surface area contributed by atoms with Gasteiger partial charge < -0.3 is 14.8 Å². The molecular weight excluding hydrogens is 256 g/mol. The Labute approximate surface area is 118 Å². The second-order valence-corrected chi connectivity index (χ2v) is 5.40. The molecule has 1 aromatic rings. The minimum Gasteiger partial charge on any atom is -0.379 e. The van der Waals surface area contributed by atoms with E-state index in [0.29, 0.717) is 13.2 Å². The first-order valence-electron chi connectivity index (χ1n) is 7.24. The third-order valence-electron chi connectivity index (χ3n) is 3.95. The molecule has 0 bridgehead atoms. The second-order valence-electron chi connectivity index (χ2n) is 5.40. The van der Waals surface area contributed by atoms with E-state index in [9.17, 15) is 4.79 Å². The minimum absolute atomic E-state index is 0.0758. The van der Waals surface area contributed by atoms with Crippen molar-refractivity contribution in [3.8, 4) is 0 Å². The molecule has 3 heterocycles. The fourth-order valence-electron chi connectivity index (χ4n) is 2.89. The van der Waals surface area contributed by atoms with Crippen molar-refractivity contribution >= 4 is 5.91 Å². The molecule has 0 unspecified atom stereocenters. The fourth-order valence-corrected chi connectivity index (χ4v) is 2.89. The van der Waals surface area contributed by atoms with Crippen LogP contribution in [0, 0.1) is 5.92 Å². The van der Waals surface area contributed by atoms with Gasteiger partial charge in [0.2, 0.25) is 5.91 Å². The van der Waals surface area contributed by atoms with Crippen molar-refractivity contribution in [2.75, 3.05) is 19.8 Å². The van der Waals surface area contributed by atoms with Crippen LogP contribution in [0.1, 0.15) is 30.9 Å². The molecule has 0 radical (unpaired) electrons. The Hall–Kier alpha value is -1.46. The molecule has 2 aliphatic rings. The number of carbonyl (C=O) groups excluding carboxylic acids is 1. The molecule has 108 valence electrons. The Morgan fingerprint density at radius 2 is 2.30 bits per heavy atom. The lowest BCUT2D eigenvalue weighted by Gasteiger charge is -2.26. The quantitative estimate of drug-likeness (QED) is 0.908. The van der Waals surface area contributed by atoms with Gasteiger partial charge in [0.05, 0.1) is 24.7 Å². The first-order valence-corrected chi connectivity index (χ1v) is 7.24. The fraction of sp³-hybridized carbons (Fsp3) is 0.600. The zero-order chi connectivity index (χ0) is 13.8. The Balaban J connectivity index is 1.64. The summed E-state index contributed by atoms with van der Waals surface area (Å²) in [5, 5.41) is 3.10. The molecule has 20 heavy (non-hydrogen) atoms. The van der Waals surface area contributed by atoms with Gasteiger partial charge in [-0.2, -0.15) is 0 Å². The molecule has 5 nitrogen and oxygen atoms in total. The number of ether oxygens (including phenoxy) is 2. The predicted octanol–water partition coefficient (Wildman–Crippen LogP) is 1.45. The summed E-state index contributed by atoms with van der Waals surface area (Å²) in [6.07, 6.45) is 6.11. The van der Waals surface area contributed by atoms with Crippen molar-refractivity contribution in [1.82, 2.24) is 10.3 Å². The van der Waals surface area contributed by atoms with Gasteiger partial charge in [-0.15, -0.1) is 0 Å². The lowest BCUT2D eigenvalue weighted by Crippen LogP contribution is -2.44. The van der Waals surface area contributed by atoms with Gasteiger partial charge >= 0.3 is 0 Å². The molecule has 0 saturated carbocycles. The van der Waals surface area contributed by atoms with E-state index >= 15 is 0 Å². The monoisotopic (exact) mass is 276 g/mol. The Kier molecular flexibility index (Phi) is 4.28. The molecule has 2 saturated heterocycles. The van der Waals surface area contributed by atoms with Gasteiger partial charge in [-0.1, -0.05) is 6.07 Å². The molecule has 3 atom stereocenters. The molecule has 0 aromatic carbocycles. The molecule has 0 aliphatic carbocycles. The van der Waals surface area contributed by atoms with Gasteiger partial charge in [0.1, 0.15) is 0 Å². The zero-order valence-electron chi connectivity index (χ0n) is 11.5. The van der Waals surface area contributed by atoms with Crippen molar-refractivity contribution in [2.45, 2.75) is 31.4 Å². The van der Waals surface area contributed by atoms with Crippen molar-refractivity contribution in [2.24, 2.45) is 5.92 Å². The summed E-state index contributed by atoms with van der Waals surface area (Å²) in [6.45, 7) is 2.05. The Morgan fingerprint density at radius 3 is 3.05 bits per heavy atom. The number of pyridine rings is 1. The van der Waals surface area contributed by atoms with E-state index in [2.05, 4.69) is 10.3 Å². The number of rotatable bonds is 3. The van der Waals surface area contributed by atoms with Crippen molar-refractivity contribution in [3.63, 3.8) is 0 Å². The first kappa shape index (κ1) is 13.5. The number of carbonyl (C=O) groups is 1. The van der Waals surface area contributed by atoms with Gasteiger partial charge in [0.15, 0.2) is 0 Å². The lowest BCUT2D eigenvalue weighted by molar-refractivity contribution is -0.128. The topological polar surface area (TPSA) is 60.5 Å². The predicted molar refractivity (Wildman–Crippen MR) is 73.0 cm³/mol. The number of amides is 1. The largest absolute Gasteiger partial charge is 0.379 e. The summed E-state index contributed by atoms with van der Waals surface area (Å²) in [7, 11) is 0. The van der Waals surface area contributed by atoms with Crippen LogP contribution < -0.4 is 5.32 Å². The molecule has 1 N–H and O–H groups in total. The summed E-state index contributed by atoms with van der Waals surface area (Å²) >= 11 is 0. The van der Waals surface area contributed by atoms with Crippen LogP contribution in [0.3, 0.4) is 0 Å². The molecule has 5 heteroatoms. The SMILES string of the molecule is O=C(N[C@H]1CCCOC1)[C@H]1CCO[C@@H]1c1cccnc1. The molecular formula is C15H20N2O3. The van der Waals surface area contributed by atoms with Gasteiger partial charge in [-0.05, 0) is 30.9 Å². The summed E-state index contributed by atoms with van der Waals surface area (Å²) in [4.78, 5) is 16.5. The Bertz CT molecular complexity index is 446. The van der Waals surface area contributed by atoms with Crippen LogP contribution in [0.25, 0.3) is 0 Å². The first-order chi connectivity index (χ1) is 9.84. The molecule has 2 fully saturated rings. The van der Waals surface area contributed by atoms with Crippen LogP contribution in [0.15, 0.2) is 24.5 Å². The van der Waals surface area contributed by atoms with E-state index in [1.54, 1.807) is 12.4 Å². The molecule has 0 spiro atoms. The van der Waals surface area contributed by atoms with Crippen LogP contribution in [0.2, 0.25) is 0 Å². The van der Waals surface area contributed by atoms with Crippen LogP contribution >= 0.6 is 0 Å². The van der Waals surface area contributed by atoms with Gasteiger partial charge in [0.25, 0.3) is 0 Å². The van der Waals surface area contributed by atoms with Crippen molar-refractivity contribution in [3.05, 3.63) is 30.1 Å². The number of nitrogens with zero attached hydrogens (tertiary/aromatic N) is 1. The van der Waals surface area contributed by atoms with Crippen LogP contribution in [-0.2, 0) is 14.3 Å². The van der Waals surface area contributed by atoms with E-state index in [0.717, 1.165) is 31.4 Å². The maximum absolute atomic E-state index is 12.4. The maximum Gasteiger partial charge on any atom is 0.226 e. The number of nitrogens with one attached hydrogen (secondary N) is 1.